The van der Waals surface area contributed by atoms with Gasteiger partial charge in [-0.1, -0.05) is 29.8 Å². The van der Waals surface area contributed by atoms with Gasteiger partial charge in [-0.3, -0.25) is 0 Å². The van der Waals surface area contributed by atoms with Crippen LogP contribution in [0.4, 0.5) is 5.82 Å². The van der Waals surface area contributed by atoms with E-state index in [1.807, 2.05) is 18.2 Å². The van der Waals surface area contributed by atoms with Gasteiger partial charge >= 0.3 is 5.97 Å². The Hall–Kier alpha value is -2.07. The van der Waals surface area contributed by atoms with Crippen molar-refractivity contribution < 1.29 is 9.90 Å². The van der Waals surface area contributed by atoms with E-state index in [4.69, 9.17) is 16.7 Å². The number of halogens is 1. The number of anilines is 1. The number of nitrogens with one attached hydrogen (secondary N) is 1. The Balaban J connectivity index is 2.16. The van der Waals surface area contributed by atoms with Crippen LogP contribution in [0.15, 0.2) is 42.6 Å². The van der Waals surface area contributed by atoms with Gasteiger partial charge in [0.1, 0.15) is 11.4 Å². The molecule has 18 heavy (non-hydrogen) atoms. The minimum Gasteiger partial charge on any atom is -0.478 e. The van der Waals surface area contributed by atoms with Crippen LogP contribution in [0.25, 0.3) is 0 Å². The van der Waals surface area contributed by atoms with Gasteiger partial charge < -0.3 is 10.4 Å². The summed E-state index contributed by atoms with van der Waals surface area (Å²) in [5, 5.41) is 12.6. The fraction of sp³-hybridized carbons (Fsp3) is 0.0769. The number of carbonyl (C=O) groups is 1. The lowest BCUT2D eigenvalue weighted by molar-refractivity contribution is 0.0697. The van der Waals surface area contributed by atoms with Crippen molar-refractivity contribution in [1.82, 2.24) is 4.98 Å². The molecule has 0 bridgehead atoms. The number of benzene rings is 1. The number of pyridine rings is 1. The number of aromatic carboxylic acids is 1. The molecule has 0 saturated heterocycles. The molecule has 0 aliphatic rings. The minimum atomic E-state index is -1.01. The lowest BCUT2D eigenvalue weighted by Crippen LogP contribution is -2.08. The van der Waals surface area contributed by atoms with Crippen LogP contribution >= 0.6 is 11.6 Å². The fourth-order valence-electron chi connectivity index (χ4n) is 1.54. The van der Waals surface area contributed by atoms with Gasteiger partial charge in [-0.05, 0) is 23.8 Å². The highest BCUT2D eigenvalue weighted by molar-refractivity contribution is 6.31. The quantitative estimate of drug-likeness (QED) is 0.889. The molecule has 0 aliphatic carbocycles. The summed E-state index contributed by atoms with van der Waals surface area (Å²) in [5.41, 5.74) is 1.03. The van der Waals surface area contributed by atoms with Crippen molar-refractivity contribution in [2.45, 2.75) is 6.54 Å². The van der Waals surface area contributed by atoms with E-state index in [-0.39, 0.29) is 5.56 Å². The summed E-state index contributed by atoms with van der Waals surface area (Å²) in [7, 11) is 0. The first kappa shape index (κ1) is 12.4. The maximum Gasteiger partial charge on any atom is 0.339 e. The zero-order valence-electron chi connectivity index (χ0n) is 9.43. The molecule has 2 rings (SSSR count). The van der Waals surface area contributed by atoms with E-state index in [1.165, 1.54) is 6.07 Å². The topological polar surface area (TPSA) is 62.2 Å². The second-order valence-corrected chi connectivity index (χ2v) is 4.06. The molecule has 0 unspecified atom stereocenters. The molecule has 92 valence electrons. The molecule has 0 radical (unpaired) electrons. The van der Waals surface area contributed by atoms with Gasteiger partial charge in [-0.15, -0.1) is 0 Å². The second-order valence-electron chi connectivity index (χ2n) is 3.65. The molecule has 0 saturated carbocycles. The monoisotopic (exact) mass is 262 g/mol. The number of carboxylic acid groups (broad SMARTS) is 1. The first-order valence-corrected chi connectivity index (χ1v) is 5.72. The van der Waals surface area contributed by atoms with Crippen LogP contribution in [-0.4, -0.2) is 16.1 Å². The third-order valence-electron chi connectivity index (χ3n) is 2.44. The van der Waals surface area contributed by atoms with Crippen LogP contribution in [0, 0.1) is 0 Å². The van der Waals surface area contributed by atoms with Gasteiger partial charge in [-0.2, -0.15) is 0 Å². The van der Waals surface area contributed by atoms with Gasteiger partial charge in [-0.25, -0.2) is 9.78 Å². The van der Waals surface area contributed by atoms with Crippen LogP contribution in [0.3, 0.4) is 0 Å². The lowest BCUT2D eigenvalue weighted by atomic mass is 10.2. The lowest BCUT2D eigenvalue weighted by Gasteiger charge is -2.09. The van der Waals surface area contributed by atoms with Crippen molar-refractivity contribution >= 4 is 23.4 Å². The number of rotatable bonds is 4. The van der Waals surface area contributed by atoms with E-state index in [9.17, 15) is 4.79 Å². The van der Waals surface area contributed by atoms with Crippen molar-refractivity contribution in [3.63, 3.8) is 0 Å². The Morgan fingerprint density at radius 3 is 2.78 bits per heavy atom. The SMILES string of the molecule is O=C(O)c1cccnc1NCc1ccccc1Cl. The average molecular weight is 263 g/mol. The number of aromatic nitrogens is 1. The van der Waals surface area contributed by atoms with E-state index in [2.05, 4.69) is 10.3 Å². The number of hydrogen-bond acceptors (Lipinski definition) is 3. The van der Waals surface area contributed by atoms with Crippen molar-refractivity contribution in [1.29, 1.82) is 0 Å². The molecule has 1 aromatic carbocycles. The van der Waals surface area contributed by atoms with Gasteiger partial charge in [0, 0.05) is 17.8 Å². The molecule has 1 heterocycles. The van der Waals surface area contributed by atoms with Gasteiger partial charge in [0.05, 0.1) is 0 Å². The van der Waals surface area contributed by atoms with Crippen molar-refractivity contribution in [2.75, 3.05) is 5.32 Å². The number of carboxylic acids is 1. The molecule has 0 fully saturated rings. The maximum absolute atomic E-state index is 11.0. The van der Waals surface area contributed by atoms with Gasteiger partial charge in [0.25, 0.3) is 0 Å². The number of nitrogens with zero attached hydrogens (tertiary/aromatic N) is 1. The summed E-state index contributed by atoms with van der Waals surface area (Å²) in [6, 6.07) is 10.5. The normalized spacial score (nSPS) is 10.1. The molecule has 2 N–H and O–H groups in total. The Kier molecular flexibility index (Phi) is 3.79. The van der Waals surface area contributed by atoms with Crippen LogP contribution in [0.2, 0.25) is 5.02 Å². The summed E-state index contributed by atoms with van der Waals surface area (Å²) < 4.78 is 0. The molecule has 0 amide bonds. The van der Waals surface area contributed by atoms with Crippen LogP contribution in [-0.2, 0) is 6.54 Å². The Bertz CT molecular complexity index is 572. The molecular formula is C13H11ClN2O2. The van der Waals surface area contributed by atoms with Crippen molar-refractivity contribution in [3.05, 3.63) is 58.7 Å². The Morgan fingerprint density at radius 2 is 2.06 bits per heavy atom. The van der Waals surface area contributed by atoms with Crippen molar-refractivity contribution in [2.24, 2.45) is 0 Å². The highest BCUT2D eigenvalue weighted by atomic mass is 35.5. The molecule has 0 atom stereocenters. The first-order chi connectivity index (χ1) is 8.68. The average Bonchev–Trinajstić information content (AvgIpc) is 2.38. The van der Waals surface area contributed by atoms with E-state index < -0.39 is 5.97 Å². The highest BCUT2D eigenvalue weighted by Gasteiger charge is 2.10. The second kappa shape index (κ2) is 5.51. The predicted octanol–water partition coefficient (Wildman–Crippen LogP) is 3.05. The van der Waals surface area contributed by atoms with Crippen LogP contribution in [0.5, 0.6) is 0 Å². The first-order valence-electron chi connectivity index (χ1n) is 5.34. The molecule has 4 nitrogen and oxygen atoms in total. The molecule has 5 heteroatoms. The summed E-state index contributed by atoms with van der Waals surface area (Å²) >= 11 is 6.02. The Morgan fingerprint density at radius 1 is 1.28 bits per heavy atom. The highest BCUT2D eigenvalue weighted by Crippen LogP contribution is 2.17. The number of hydrogen-bond donors (Lipinski definition) is 2. The zero-order chi connectivity index (χ0) is 13.0. The summed E-state index contributed by atoms with van der Waals surface area (Å²) in [6.07, 6.45) is 1.54. The maximum atomic E-state index is 11.0. The van der Waals surface area contributed by atoms with E-state index in [0.717, 1.165) is 5.56 Å². The molecule has 1 aromatic heterocycles. The van der Waals surface area contributed by atoms with E-state index >= 15 is 0 Å². The van der Waals surface area contributed by atoms with Crippen LogP contribution < -0.4 is 5.32 Å². The zero-order valence-corrected chi connectivity index (χ0v) is 10.2. The standard InChI is InChI=1S/C13H11ClN2O2/c14-11-6-2-1-4-9(11)8-16-12-10(13(17)18)5-3-7-15-12/h1-7H,8H2,(H,15,16)(H,17,18). The van der Waals surface area contributed by atoms with E-state index in [1.54, 1.807) is 18.3 Å². The largest absolute Gasteiger partial charge is 0.478 e. The summed E-state index contributed by atoms with van der Waals surface area (Å²) in [6.45, 7) is 0.428. The smallest absolute Gasteiger partial charge is 0.339 e. The molecule has 0 aliphatic heterocycles. The minimum absolute atomic E-state index is 0.143. The predicted molar refractivity (Wildman–Crippen MR) is 70.0 cm³/mol. The van der Waals surface area contributed by atoms with Gasteiger partial charge in [0.2, 0.25) is 0 Å². The molecule has 2 aromatic rings. The fourth-order valence-corrected chi connectivity index (χ4v) is 1.74. The van der Waals surface area contributed by atoms with Gasteiger partial charge in [0.15, 0.2) is 0 Å². The summed E-state index contributed by atoms with van der Waals surface area (Å²) in [5.74, 6) is -0.672. The molecule has 0 spiro atoms. The van der Waals surface area contributed by atoms with Crippen LogP contribution in [0.1, 0.15) is 15.9 Å². The third-order valence-corrected chi connectivity index (χ3v) is 2.81. The Labute approximate surface area is 109 Å². The van der Waals surface area contributed by atoms with Crippen molar-refractivity contribution in [3.8, 4) is 0 Å². The summed E-state index contributed by atoms with van der Waals surface area (Å²) in [4.78, 5) is 15.0. The third kappa shape index (κ3) is 2.78. The molecular weight excluding hydrogens is 252 g/mol. The van der Waals surface area contributed by atoms with E-state index in [0.29, 0.717) is 17.4 Å².